The predicted octanol–water partition coefficient (Wildman–Crippen LogP) is 3.99. The number of nitrogens with one attached hydrogen (secondary N) is 2. The van der Waals surface area contributed by atoms with Gasteiger partial charge in [-0.1, -0.05) is 0 Å². The van der Waals surface area contributed by atoms with Gasteiger partial charge in [-0.3, -0.25) is 19.4 Å². The molecule has 15 heteroatoms. The van der Waals surface area contributed by atoms with Gasteiger partial charge in [0, 0.05) is 42.2 Å². The Morgan fingerprint density at radius 1 is 1.02 bits per heavy atom. The van der Waals surface area contributed by atoms with Gasteiger partial charge < -0.3 is 15.5 Å². The van der Waals surface area contributed by atoms with Crippen molar-refractivity contribution in [1.82, 2.24) is 20.5 Å². The Morgan fingerprint density at radius 2 is 1.75 bits per heavy atom. The van der Waals surface area contributed by atoms with Gasteiger partial charge in [-0.25, -0.2) is 8.78 Å². The van der Waals surface area contributed by atoms with Crippen LogP contribution < -0.4 is 10.6 Å². The number of hydrogen-bond donors (Lipinski definition) is 2. The molecule has 1 saturated carbocycles. The second kappa shape index (κ2) is 9.70. The van der Waals surface area contributed by atoms with Crippen molar-refractivity contribution in [2.45, 2.75) is 49.7 Å². The number of amides is 3. The molecule has 3 heterocycles. The second-order valence-corrected chi connectivity index (χ2v) is 10.1. The van der Waals surface area contributed by atoms with Crippen molar-refractivity contribution in [2.24, 2.45) is 11.8 Å². The molecule has 0 radical (unpaired) electrons. The number of halogens is 8. The molecule has 3 amide bonds. The summed E-state index contributed by atoms with van der Waals surface area (Å²) in [5.41, 5.74) is -4.12. The molecule has 1 aromatic carbocycles. The zero-order chi connectivity index (χ0) is 29.1. The fourth-order valence-electron chi connectivity index (χ4n) is 5.43. The SMILES string of the molecule is O=C1CC([C@H](NC(=O)[C@H]2C[C@H]3C[C@H]3N2C(=O)c2ccnc(C(F)(F)F)c2)c2cc(F)c(C(F)(F)F)cc2F)CN1. The van der Waals surface area contributed by atoms with Gasteiger partial charge in [-0.2, -0.15) is 26.3 Å². The normalized spacial score (nSPS) is 24.9. The van der Waals surface area contributed by atoms with E-state index in [1.54, 1.807) is 0 Å². The number of fused-ring (bicyclic) bond motifs is 1. The minimum Gasteiger partial charge on any atom is -0.356 e. The average Bonchev–Trinajstić information content (AvgIpc) is 3.32. The predicted molar refractivity (Wildman–Crippen MR) is 119 cm³/mol. The van der Waals surface area contributed by atoms with E-state index >= 15 is 0 Å². The molecule has 5 rings (SSSR count). The number of carbonyl (C=O) groups is 3. The van der Waals surface area contributed by atoms with Crippen LogP contribution in [0.25, 0.3) is 0 Å². The molecule has 1 aliphatic carbocycles. The molecule has 0 bridgehead atoms. The highest BCUT2D eigenvalue weighted by molar-refractivity contribution is 5.98. The van der Waals surface area contributed by atoms with Crippen LogP contribution in [0.3, 0.4) is 0 Å². The molecule has 1 aromatic heterocycles. The van der Waals surface area contributed by atoms with Crippen LogP contribution >= 0.6 is 0 Å². The Labute approximate surface area is 220 Å². The van der Waals surface area contributed by atoms with Crippen molar-refractivity contribution in [3.63, 3.8) is 0 Å². The first-order valence-corrected chi connectivity index (χ1v) is 12.1. The first-order chi connectivity index (χ1) is 18.6. The van der Waals surface area contributed by atoms with Gasteiger partial charge in [-0.05, 0) is 43.0 Å². The lowest BCUT2D eigenvalue weighted by Crippen LogP contribution is -2.49. The zero-order valence-corrected chi connectivity index (χ0v) is 20.2. The second-order valence-electron chi connectivity index (χ2n) is 10.1. The molecule has 2 aromatic rings. The highest BCUT2D eigenvalue weighted by atomic mass is 19.4. The van der Waals surface area contributed by atoms with Crippen LogP contribution in [0.15, 0.2) is 30.5 Å². The van der Waals surface area contributed by atoms with Gasteiger partial charge in [0.05, 0.1) is 11.6 Å². The maximum atomic E-state index is 14.9. The van der Waals surface area contributed by atoms with E-state index in [0.717, 1.165) is 17.2 Å². The largest absolute Gasteiger partial charge is 0.433 e. The Morgan fingerprint density at radius 3 is 2.38 bits per heavy atom. The third kappa shape index (κ3) is 5.20. The number of hydrogen-bond acceptors (Lipinski definition) is 4. The highest BCUT2D eigenvalue weighted by Crippen LogP contribution is 2.49. The van der Waals surface area contributed by atoms with Crippen molar-refractivity contribution in [3.8, 4) is 0 Å². The third-order valence-corrected chi connectivity index (χ3v) is 7.44. The lowest BCUT2D eigenvalue weighted by atomic mass is 9.90. The topological polar surface area (TPSA) is 91.4 Å². The summed E-state index contributed by atoms with van der Waals surface area (Å²) in [5, 5.41) is 4.94. The number of likely N-dealkylation sites (tertiary alicyclic amines) is 1. The fourth-order valence-corrected chi connectivity index (χ4v) is 5.43. The molecule has 2 N–H and O–H groups in total. The standard InChI is InChI=1S/C25H20F8N4O3/c26-15-8-14(24(28,29)30)16(27)7-13(15)21(12-6-20(38)35-9-12)36-22(39)18-4-11-3-17(11)37(18)23(40)10-1-2-34-19(5-10)25(31,32)33/h1-2,5,7-8,11-12,17-18,21H,3-4,6,9H2,(H,35,38)(H,36,39)/t11-,12?,17-,18-,21+/m1/s1. The fraction of sp³-hybridized carbons (Fsp3) is 0.440. The van der Waals surface area contributed by atoms with Gasteiger partial charge in [0.15, 0.2) is 0 Å². The molecule has 3 aliphatic rings. The lowest BCUT2D eigenvalue weighted by Gasteiger charge is -2.31. The van der Waals surface area contributed by atoms with E-state index in [2.05, 4.69) is 15.6 Å². The molecule has 7 nitrogen and oxygen atoms in total. The maximum Gasteiger partial charge on any atom is 0.433 e. The van der Waals surface area contributed by atoms with Gasteiger partial charge >= 0.3 is 12.4 Å². The van der Waals surface area contributed by atoms with E-state index in [1.165, 1.54) is 0 Å². The van der Waals surface area contributed by atoms with Gasteiger partial charge in [0.25, 0.3) is 5.91 Å². The highest BCUT2D eigenvalue weighted by Gasteiger charge is 2.56. The quantitative estimate of drug-likeness (QED) is 0.527. The minimum absolute atomic E-state index is 0.0315. The van der Waals surface area contributed by atoms with Crippen molar-refractivity contribution in [1.29, 1.82) is 0 Å². The van der Waals surface area contributed by atoms with E-state index < -0.39 is 82.6 Å². The molecule has 214 valence electrons. The van der Waals surface area contributed by atoms with Crippen LogP contribution in [0, 0.1) is 23.5 Å². The van der Waals surface area contributed by atoms with Crippen LogP contribution in [0.4, 0.5) is 35.1 Å². The molecular formula is C25H20F8N4O3. The van der Waals surface area contributed by atoms with Crippen LogP contribution in [0.5, 0.6) is 0 Å². The molecular weight excluding hydrogens is 556 g/mol. The van der Waals surface area contributed by atoms with Crippen molar-refractivity contribution in [2.75, 3.05) is 6.54 Å². The van der Waals surface area contributed by atoms with Crippen molar-refractivity contribution in [3.05, 3.63) is 64.5 Å². The number of pyridine rings is 1. The number of piperidine rings is 1. The number of benzene rings is 1. The number of alkyl halides is 6. The number of rotatable bonds is 5. The van der Waals surface area contributed by atoms with Crippen molar-refractivity contribution >= 4 is 17.7 Å². The lowest BCUT2D eigenvalue weighted by molar-refractivity contribution is -0.141. The molecule has 1 unspecified atom stereocenters. The monoisotopic (exact) mass is 576 g/mol. The summed E-state index contributed by atoms with van der Waals surface area (Å²) in [5.74, 6) is -6.42. The Kier molecular flexibility index (Phi) is 6.73. The molecule has 2 aliphatic heterocycles. The van der Waals surface area contributed by atoms with Crippen LogP contribution in [-0.2, 0) is 21.9 Å². The molecule has 2 saturated heterocycles. The Bertz CT molecular complexity index is 1380. The van der Waals surface area contributed by atoms with E-state index in [4.69, 9.17) is 0 Å². The summed E-state index contributed by atoms with van der Waals surface area (Å²) in [4.78, 5) is 42.9. The summed E-state index contributed by atoms with van der Waals surface area (Å²) >= 11 is 0. The summed E-state index contributed by atoms with van der Waals surface area (Å²) < 4.78 is 108. The smallest absolute Gasteiger partial charge is 0.356 e. The zero-order valence-electron chi connectivity index (χ0n) is 20.2. The number of nitrogens with zero attached hydrogens (tertiary/aromatic N) is 2. The Hall–Kier alpha value is -3.78. The summed E-state index contributed by atoms with van der Waals surface area (Å²) in [6, 6.07) is -1.16. The van der Waals surface area contributed by atoms with Crippen LogP contribution in [0.1, 0.15) is 52.5 Å². The summed E-state index contributed by atoms with van der Waals surface area (Å²) in [6.07, 6.45) is -8.79. The number of aromatic nitrogens is 1. The average molecular weight is 576 g/mol. The maximum absolute atomic E-state index is 14.9. The molecule has 5 atom stereocenters. The summed E-state index contributed by atoms with van der Waals surface area (Å²) in [7, 11) is 0. The summed E-state index contributed by atoms with van der Waals surface area (Å²) in [6.45, 7) is -0.0956. The van der Waals surface area contributed by atoms with Crippen LogP contribution in [-0.4, -0.2) is 46.2 Å². The van der Waals surface area contributed by atoms with Gasteiger partial charge in [-0.15, -0.1) is 0 Å². The van der Waals surface area contributed by atoms with Gasteiger partial charge in [0.2, 0.25) is 11.8 Å². The first kappa shape index (κ1) is 27.8. The molecule has 3 fully saturated rings. The van der Waals surface area contributed by atoms with E-state index in [9.17, 15) is 49.5 Å². The van der Waals surface area contributed by atoms with E-state index in [-0.39, 0.29) is 36.9 Å². The minimum atomic E-state index is -5.18. The Balaban J connectivity index is 1.44. The van der Waals surface area contributed by atoms with Crippen molar-refractivity contribution < 1.29 is 49.5 Å². The van der Waals surface area contributed by atoms with Crippen LogP contribution in [0.2, 0.25) is 0 Å². The van der Waals surface area contributed by atoms with E-state index in [1.807, 2.05) is 0 Å². The first-order valence-electron chi connectivity index (χ1n) is 12.1. The van der Waals surface area contributed by atoms with E-state index in [0.29, 0.717) is 18.6 Å². The van der Waals surface area contributed by atoms with Gasteiger partial charge in [0.1, 0.15) is 23.4 Å². The third-order valence-electron chi connectivity index (χ3n) is 7.44. The number of carbonyl (C=O) groups excluding carboxylic acids is 3. The molecule has 40 heavy (non-hydrogen) atoms. The molecule has 0 spiro atoms.